The predicted molar refractivity (Wildman–Crippen MR) is 59.8 cm³/mol. The Bertz CT molecular complexity index is 210. The molecule has 0 aliphatic rings. The molecule has 0 spiro atoms. The maximum absolute atomic E-state index is 11.6. The number of ether oxygens (including phenoxy) is 2. The van der Waals surface area contributed by atoms with Gasteiger partial charge in [0.25, 0.3) is 0 Å². The molecule has 15 heavy (non-hydrogen) atoms. The highest BCUT2D eigenvalue weighted by molar-refractivity contribution is 5.81. The summed E-state index contributed by atoms with van der Waals surface area (Å²) in [6, 6.07) is 0. The van der Waals surface area contributed by atoms with Crippen LogP contribution in [0.5, 0.6) is 0 Å². The molecule has 0 saturated carbocycles. The van der Waals surface area contributed by atoms with E-state index in [4.69, 9.17) is 9.47 Å². The number of methoxy groups -OCH3 is 2. The van der Waals surface area contributed by atoms with Crippen molar-refractivity contribution >= 4 is 5.91 Å². The Morgan fingerprint density at radius 3 is 2.07 bits per heavy atom. The van der Waals surface area contributed by atoms with Crippen molar-refractivity contribution in [2.45, 2.75) is 33.3 Å². The van der Waals surface area contributed by atoms with E-state index in [0.717, 1.165) is 0 Å². The maximum atomic E-state index is 11.6. The van der Waals surface area contributed by atoms with Gasteiger partial charge in [0.05, 0.1) is 6.61 Å². The van der Waals surface area contributed by atoms with E-state index in [1.165, 1.54) is 0 Å². The summed E-state index contributed by atoms with van der Waals surface area (Å²) in [5.41, 5.74) is -0.836. The smallest absolute Gasteiger partial charge is 0.225 e. The molecule has 0 aromatic rings. The Kier molecular flexibility index (Phi) is 5.24. The summed E-state index contributed by atoms with van der Waals surface area (Å²) >= 11 is 0. The average Bonchev–Trinajstić information content (AvgIpc) is 2.13. The lowest BCUT2D eigenvalue weighted by Gasteiger charge is -2.29. The summed E-state index contributed by atoms with van der Waals surface area (Å²) in [7, 11) is 3.23. The molecule has 0 heterocycles. The van der Waals surface area contributed by atoms with Crippen LogP contribution in [0.1, 0.15) is 27.7 Å². The molecule has 1 N–H and O–H groups in total. The van der Waals surface area contributed by atoms with Crippen LogP contribution in [-0.4, -0.2) is 38.9 Å². The standard InChI is InChI=1S/C11H23NO3/c1-10(2,3)9(13)12-7-11(4,15-6)8-14-5/h7-8H2,1-6H3,(H,12,13). The third-order valence-electron chi connectivity index (χ3n) is 2.25. The molecule has 4 heteroatoms. The zero-order chi connectivity index (χ0) is 12.1. The number of hydrogen-bond acceptors (Lipinski definition) is 3. The van der Waals surface area contributed by atoms with E-state index in [1.54, 1.807) is 14.2 Å². The average molecular weight is 217 g/mol. The summed E-state index contributed by atoms with van der Waals surface area (Å²) in [4.78, 5) is 11.6. The fourth-order valence-corrected chi connectivity index (χ4v) is 1.02. The molecule has 0 saturated heterocycles. The number of carbonyl (C=O) groups is 1. The third-order valence-corrected chi connectivity index (χ3v) is 2.25. The minimum atomic E-state index is -0.463. The fraction of sp³-hybridized carbons (Fsp3) is 0.909. The van der Waals surface area contributed by atoms with Crippen LogP contribution in [0.3, 0.4) is 0 Å². The maximum Gasteiger partial charge on any atom is 0.225 e. The lowest BCUT2D eigenvalue weighted by Crippen LogP contribution is -2.48. The normalized spacial score (nSPS) is 15.9. The first-order valence-corrected chi connectivity index (χ1v) is 5.07. The van der Waals surface area contributed by atoms with Gasteiger partial charge in [0.1, 0.15) is 5.60 Å². The van der Waals surface area contributed by atoms with E-state index in [2.05, 4.69) is 5.32 Å². The van der Waals surface area contributed by atoms with Crippen LogP contribution in [0.4, 0.5) is 0 Å². The minimum absolute atomic E-state index is 0.0156. The van der Waals surface area contributed by atoms with Crippen molar-refractivity contribution < 1.29 is 14.3 Å². The molecule has 4 nitrogen and oxygen atoms in total. The number of carbonyl (C=O) groups excluding carboxylic acids is 1. The van der Waals surface area contributed by atoms with Crippen LogP contribution in [0.15, 0.2) is 0 Å². The Morgan fingerprint density at radius 1 is 1.20 bits per heavy atom. The monoisotopic (exact) mass is 217 g/mol. The lowest BCUT2D eigenvalue weighted by molar-refractivity contribution is -0.130. The van der Waals surface area contributed by atoms with E-state index >= 15 is 0 Å². The second-order valence-corrected chi connectivity index (χ2v) is 5.02. The van der Waals surface area contributed by atoms with Crippen LogP contribution in [-0.2, 0) is 14.3 Å². The quantitative estimate of drug-likeness (QED) is 0.752. The molecule has 0 rings (SSSR count). The molecule has 0 radical (unpaired) electrons. The van der Waals surface area contributed by atoms with Crippen LogP contribution < -0.4 is 5.32 Å². The van der Waals surface area contributed by atoms with Gasteiger partial charge < -0.3 is 14.8 Å². The van der Waals surface area contributed by atoms with Crippen LogP contribution >= 0.6 is 0 Å². The second-order valence-electron chi connectivity index (χ2n) is 5.02. The Balaban J connectivity index is 4.18. The van der Waals surface area contributed by atoms with Gasteiger partial charge in [-0.25, -0.2) is 0 Å². The fourth-order valence-electron chi connectivity index (χ4n) is 1.02. The third kappa shape index (κ3) is 5.14. The first kappa shape index (κ1) is 14.4. The van der Waals surface area contributed by atoms with E-state index < -0.39 is 5.60 Å². The zero-order valence-corrected chi connectivity index (χ0v) is 10.6. The molecule has 1 atom stereocenters. The molecule has 0 aromatic carbocycles. The van der Waals surface area contributed by atoms with Gasteiger partial charge in [-0.15, -0.1) is 0 Å². The number of amides is 1. The number of hydrogen-bond donors (Lipinski definition) is 1. The van der Waals surface area contributed by atoms with Crippen LogP contribution in [0, 0.1) is 5.41 Å². The van der Waals surface area contributed by atoms with Gasteiger partial charge in [0.2, 0.25) is 5.91 Å². The molecule has 0 fully saturated rings. The van der Waals surface area contributed by atoms with Crippen molar-refractivity contribution in [1.29, 1.82) is 0 Å². The Morgan fingerprint density at radius 2 is 1.73 bits per heavy atom. The van der Waals surface area contributed by atoms with Gasteiger partial charge in [-0.05, 0) is 6.92 Å². The SMILES string of the molecule is COCC(C)(CNC(=O)C(C)(C)C)OC. The van der Waals surface area contributed by atoms with Gasteiger partial charge in [-0.1, -0.05) is 20.8 Å². The lowest BCUT2D eigenvalue weighted by atomic mass is 9.95. The Hall–Kier alpha value is -0.610. The van der Waals surface area contributed by atoms with E-state index in [1.807, 2.05) is 27.7 Å². The van der Waals surface area contributed by atoms with E-state index in [0.29, 0.717) is 13.2 Å². The van der Waals surface area contributed by atoms with Gasteiger partial charge in [-0.2, -0.15) is 0 Å². The van der Waals surface area contributed by atoms with Crippen molar-refractivity contribution in [1.82, 2.24) is 5.32 Å². The minimum Gasteiger partial charge on any atom is -0.382 e. The molecule has 0 bridgehead atoms. The largest absolute Gasteiger partial charge is 0.382 e. The first-order chi connectivity index (χ1) is 6.75. The van der Waals surface area contributed by atoms with Crippen LogP contribution in [0.25, 0.3) is 0 Å². The molecule has 0 aliphatic heterocycles. The van der Waals surface area contributed by atoms with Crippen molar-refractivity contribution in [2.75, 3.05) is 27.4 Å². The van der Waals surface area contributed by atoms with Crippen molar-refractivity contribution in [3.05, 3.63) is 0 Å². The number of rotatable bonds is 5. The molecular formula is C11H23NO3. The molecule has 0 aromatic heterocycles. The highest BCUT2D eigenvalue weighted by Crippen LogP contribution is 2.14. The van der Waals surface area contributed by atoms with E-state index in [-0.39, 0.29) is 11.3 Å². The van der Waals surface area contributed by atoms with Gasteiger partial charge in [-0.3, -0.25) is 4.79 Å². The molecule has 90 valence electrons. The second kappa shape index (κ2) is 5.47. The predicted octanol–water partition coefficient (Wildman–Crippen LogP) is 1.20. The summed E-state index contributed by atoms with van der Waals surface area (Å²) in [5.74, 6) is 0.0156. The summed E-state index contributed by atoms with van der Waals surface area (Å²) in [6.45, 7) is 8.44. The van der Waals surface area contributed by atoms with Crippen molar-refractivity contribution in [3.8, 4) is 0 Å². The Labute approximate surface area is 92.3 Å². The summed E-state index contributed by atoms with van der Waals surface area (Å²) in [5, 5.41) is 2.86. The van der Waals surface area contributed by atoms with Gasteiger partial charge in [0, 0.05) is 26.2 Å². The molecule has 1 unspecified atom stereocenters. The molecular weight excluding hydrogens is 194 g/mol. The highest BCUT2D eigenvalue weighted by Gasteiger charge is 2.27. The molecule has 1 amide bonds. The van der Waals surface area contributed by atoms with Crippen LogP contribution in [0.2, 0.25) is 0 Å². The summed E-state index contributed by atoms with van der Waals surface area (Å²) in [6.07, 6.45) is 0. The number of nitrogens with one attached hydrogen (secondary N) is 1. The highest BCUT2D eigenvalue weighted by atomic mass is 16.5. The van der Waals surface area contributed by atoms with Gasteiger partial charge >= 0.3 is 0 Å². The van der Waals surface area contributed by atoms with Crippen molar-refractivity contribution in [3.63, 3.8) is 0 Å². The van der Waals surface area contributed by atoms with E-state index in [9.17, 15) is 4.79 Å². The molecule has 0 aliphatic carbocycles. The van der Waals surface area contributed by atoms with Gasteiger partial charge in [0.15, 0.2) is 0 Å². The summed E-state index contributed by atoms with van der Waals surface area (Å²) < 4.78 is 10.3. The van der Waals surface area contributed by atoms with Crippen molar-refractivity contribution in [2.24, 2.45) is 5.41 Å². The first-order valence-electron chi connectivity index (χ1n) is 5.07. The topological polar surface area (TPSA) is 47.6 Å². The zero-order valence-electron chi connectivity index (χ0n) is 10.6.